The average Bonchev–Trinajstić information content (AvgIpc) is 2.79. The van der Waals surface area contributed by atoms with Crippen molar-refractivity contribution in [3.63, 3.8) is 0 Å². The summed E-state index contributed by atoms with van der Waals surface area (Å²) in [6, 6.07) is 0. The first-order chi connectivity index (χ1) is 6.75. The fourth-order valence-electron chi connectivity index (χ4n) is 4.89. The summed E-state index contributed by atoms with van der Waals surface area (Å²) in [7, 11) is 2.38. The molecular formula is C13H23N. The Kier molecular flexibility index (Phi) is 1.81. The molecule has 1 nitrogen and oxygen atoms in total. The summed E-state index contributed by atoms with van der Waals surface area (Å²) in [6.07, 6.45) is 10.4. The van der Waals surface area contributed by atoms with Gasteiger partial charge in [-0.15, -0.1) is 0 Å². The molecule has 0 N–H and O–H groups in total. The van der Waals surface area contributed by atoms with Crippen LogP contribution in [-0.2, 0) is 0 Å². The number of likely N-dealkylation sites (tertiary alicyclic amines) is 1. The summed E-state index contributed by atoms with van der Waals surface area (Å²) in [5.74, 6) is 1.08. The highest BCUT2D eigenvalue weighted by atomic mass is 15.3. The van der Waals surface area contributed by atoms with E-state index in [0.717, 1.165) is 11.3 Å². The quantitative estimate of drug-likeness (QED) is 0.651. The van der Waals surface area contributed by atoms with Crippen LogP contribution < -0.4 is 0 Å². The van der Waals surface area contributed by atoms with E-state index >= 15 is 0 Å². The van der Waals surface area contributed by atoms with E-state index in [9.17, 15) is 0 Å². The zero-order valence-electron chi connectivity index (χ0n) is 9.68. The van der Waals surface area contributed by atoms with Crippen LogP contribution in [0.25, 0.3) is 0 Å². The Morgan fingerprint density at radius 3 is 2.86 bits per heavy atom. The molecule has 0 bridgehead atoms. The highest BCUT2D eigenvalue weighted by Crippen LogP contribution is 2.72. The molecule has 3 rings (SSSR count). The van der Waals surface area contributed by atoms with Gasteiger partial charge in [-0.05, 0) is 44.1 Å². The Balaban J connectivity index is 1.94. The minimum atomic E-state index is 0.644. The molecule has 3 fully saturated rings. The lowest BCUT2D eigenvalue weighted by Crippen LogP contribution is -2.51. The Bertz CT molecular complexity index is 246. The van der Waals surface area contributed by atoms with Gasteiger partial charge in [0.15, 0.2) is 0 Å². The van der Waals surface area contributed by atoms with Crippen molar-refractivity contribution in [3.05, 3.63) is 0 Å². The van der Waals surface area contributed by atoms with Gasteiger partial charge >= 0.3 is 0 Å². The maximum Gasteiger partial charge on any atom is 0.0266 e. The molecule has 1 spiro atoms. The van der Waals surface area contributed by atoms with Crippen LogP contribution in [0.4, 0.5) is 0 Å². The fraction of sp³-hybridized carbons (Fsp3) is 1.00. The van der Waals surface area contributed by atoms with Gasteiger partial charge in [0.05, 0.1) is 0 Å². The van der Waals surface area contributed by atoms with Gasteiger partial charge < -0.3 is 0 Å². The van der Waals surface area contributed by atoms with Crippen molar-refractivity contribution < 1.29 is 0 Å². The minimum absolute atomic E-state index is 0.644. The number of hydrogen-bond donors (Lipinski definition) is 0. The predicted octanol–water partition coefficient (Wildman–Crippen LogP) is 3.05. The van der Waals surface area contributed by atoms with Gasteiger partial charge in [0.1, 0.15) is 0 Å². The Morgan fingerprint density at radius 1 is 1.29 bits per heavy atom. The maximum absolute atomic E-state index is 2.73. The maximum atomic E-state index is 2.73. The highest BCUT2D eigenvalue weighted by Gasteiger charge is 2.71. The van der Waals surface area contributed by atoms with Crippen molar-refractivity contribution in [1.29, 1.82) is 0 Å². The van der Waals surface area contributed by atoms with E-state index in [4.69, 9.17) is 0 Å². The van der Waals surface area contributed by atoms with Crippen LogP contribution in [0.15, 0.2) is 0 Å². The first-order valence-electron chi connectivity index (χ1n) is 6.46. The number of hydrogen-bond acceptors (Lipinski definition) is 1. The summed E-state index contributed by atoms with van der Waals surface area (Å²) in [5.41, 5.74) is 1.45. The molecule has 1 aliphatic heterocycles. The third kappa shape index (κ3) is 0.856. The van der Waals surface area contributed by atoms with Gasteiger partial charge in [-0.1, -0.05) is 26.2 Å². The van der Waals surface area contributed by atoms with Crippen molar-refractivity contribution in [3.8, 4) is 0 Å². The van der Waals surface area contributed by atoms with Crippen LogP contribution in [0.5, 0.6) is 0 Å². The molecule has 3 atom stereocenters. The van der Waals surface area contributed by atoms with Crippen LogP contribution in [0.1, 0.15) is 51.9 Å². The lowest BCUT2D eigenvalue weighted by atomic mass is 9.67. The molecule has 1 saturated heterocycles. The standard InChI is InChI=1S/C13H23N/c1-3-6-13-8-5-4-7-12(13)9-11(12)10-14(13)2/h11H,3-10H2,1-2H3/t11-,12?,13?/m1/s1. The smallest absolute Gasteiger partial charge is 0.0266 e. The largest absolute Gasteiger partial charge is 0.300 e. The summed E-state index contributed by atoms with van der Waals surface area (Å²) >= 11 is 0. The second-order valence-corrected chi connectivity index (χ2v) is 5.93. The van der Waals surface area contributed by atoms with E-state index in [-0.39, 0.29) is 0 Å². The zero-order chi connectivity index (χ0) is 9.81. The van der Waals surface area contributed by atoms with Gasteiger partial charge in [0.25, 0.3) is 0 Å². The van der Waals surface area contributed by atoms with Gasteiger partial charge in [-0.3, -0.25) is 4.90 Å². The normalized spacial score (nSPS) is 51.4. The predicted molar refractivity (Wildman–Crippen MR) is 59.3 cm³/mol. The summed E-state index contributed by atoms with van der Waals surface area (Å²) in [6.45, 7) is 3.76. The van der Waals surface area contributed by atoms with Crippen molar-refractivity contribution >= 4 is 0 Å². The van der Waals surface area contributed by atoms with Crippen LogP contribution in [-0.4, -0.2) is 24.0 Å². The molecule has 0 aromatic heterocycles. The summed E-state index contributed by atoms with van der Waals surface area (Å²) < 4.78 is 0. The van der Waals surface area contributed by atoms with E-state index in [1.165, 1.54) is 38.6 Å². The summed E-state index contributed by atoms with van der Waals surface area (Å²) in [4.78, 5) is 2.73. The SMILES string of the molecule is CCCC12CCCCC13C[C@@H]3CN2C. The van der Waals surface area contributed by atoms with Crippen LogP contribution in [0.2, 0.25) is 0 Å². The first kappa shape index (κ1) is 9.21. The van der Waals surface area contributed by atoms with E-state index < -0.39 is 0 Å². The lowest BCUT2D eigenvalue weighted by Gasteiger charge is -2.47. The van der Waals surface area contributed by atoms with Crippen LogP contribution in [0, 0.1) is 11.3 Å². The fourth-order valence-corrected chi connectivity index (χ4v) is 4.89. The van der Waals surface area contributed by atoms with E-state index in [1.807, 2.05) is 0 Å². The second kappa shape index (κ2) is 2.75. The number of nitrogens with zero attached hydrogens (tertiary/aromatic N) is 1. The van der Waals surface area contributed by atoms with Crippen molar-refractivity contribution in [2.45, 2.75) is 57.4 Å². The van der Waals surface area contributed by atoms with Gasteiger partial charge in [-0.25, -0.2) is 0 Å². The van der Waals surface area contributed by atoms with Crippen LogP contribution >= 0.6 is 0 Å². The molecular weight excluding hydrogens is 170 g/mol. The molecule has 0 aromatic carbocycles. The van der Waals surface area contributed by atoms with Gasteiger partial charge in [-0.2, -0.15) is 0 Å². The second-order valence-electron chi connectivity index (χ2n) is 5.93. The van der Waals surface area contributed by atoms with Gasteiger partial charge in [0, 0.05) is 12.1 Å². The minimum Gasteiger partial charge on any atom is -0.300 e. The average molecular weight is 193 g/mol. The van der Waals surface area contributed by atoms with Crippen molar-refractivity contribution in [2.24, 2.45) is 11.3 Å². The van der Waals surface area contributed by atoms with E-state index in [2.05, 4.69) is 18.9 Å². The molecule has 2 aliphatic carbocycles. The summed E-state index contributed by atoms with van der Waals surface area (Å²) in [5, 5.41) is 0. The third-order valence-electron chi connectivity index (χ3n) is 5.51. The highest BCUT2D eigenvalue weighted by molar-refractivity contribution is 5.24. The Labute approximate surface area is 87.9 Å². The number of piperidine rings is 1. The van der Waals surface area contributed by atoms with E-state index in [0.29, 0.717) is 5.54 Å². The van der Waals surface area contributed by atoms with Crippen molar-refractivity contribution in [1.82, 2.24) is 4.90 Å². The molecule has 3 aliphatic rings. The number of rotatable bonds is 2. The van der Waals surface area contributed by atoms with E-state index in [1.54, 1.807) is 12.8 Å². The molecule has 0 amide bonds. The zero-order valence-corrected chi connectivity index (χ0v) is 9.68. The molecule has 2 saturated carbocycles. The molecule has 14 heavy (non-hydrogen) atoms. The van der Waals surface area contributed by atoms with Crippen molar-refractivity contribution in [2.75, 3.05) is 13.6 Å². The topological polar surface area (TPSA) is 3.24 Å². The van der Waals surface area contributed by atoms with Gasteiger partial charge in [0.2, 0.25) is 0 Å². The first-order valence-corrected chi connectivity index (χ1v) is 6.46. The Hall–Kier alpha value is -0.0400. The van der Waals surface area contributed by atoms with Crippen LogP contribution in [0.3, 0.4) is 0 Å². The molecule has 2 unspecified atom stereocenters. The molecule has 0 radical (unpaired) electrons. The molecule has 0 aromatic rings. The molecule has 80 valence electrons. The monoisotopic (exact) mass is 193 g/mol. The third-order valence-corrected chi connectivity index (χ3v) is 5.51. The molecule has 1 heteroatoms. The molecule has 1 heterocycles. The lowest BCUT2D eigenvalue weighted by molar-refractivity contribution is 0.0358. The Morgan fingerprint density at radius 2 is 2.07 bits per heavy atom.